The second-order valence-electron chi connectivity index (χ2n) is 8.07. The average Bonchev–Trinajstić information content (AvgIpc) is 3.54. The molecule has 0 aromatic heterocycles. The number of benzene rings is 2. The first-order valence-corrected chi connectivity index (χ1v) is 10.5. The molecular weight excluding hydrogens is 503 g/mol. The highest BCUT2D eigenvalue weighted by atomic mass is 19.4. The fraction of sp³-hybridized carbons (Fsp3) is 0.364. The van der Waals surface area contributed by atoms with Crippen LogP contribution in [0.2, 0.25) is 0 Å². The molecule has 1 N–H and O–H groups in total. The van der Waals surface area contributed by atoms with E-state index in [1.165, 1.54) is 17.0 Å². The van der Waals surface area contributed by atoms with Crippen LogP contribution < -0.4 is 15.0 Å². The fourth-order valence-electron chi connectivity index (χ4n) is 3.60. The van der Waals surface area contributed by atoms with Gasteiger partial charge in [-0.1, -0.05) is 12.1 Å². The molecule has 14 heteroatoms. The van der Waals surface area contributed by atoms with Crippen LogP contribution in [-0.4, -0.2) is 49.4 Å². The van der Waals surface area contributed by atoms with Crippen molar-refractivity contribution in [3.8, 4) is 5.75 Å². The van der Waals surface area contributed by atoms with Gasteiger partial charge in [0, 0.05) is 19.6 Å². The highest BCUT2D eigenvalue weighted by Gasteiger charge is 2.44. The van der Waals surface area contributed by atoms with E-state index in [9.17, 15) is 40.3 Å². The van der Waals surface area contributed by atoms with Gasteiger partial charge in [0.1, 0.15) is 11.4 Å². The highest BCUT2D eigenvalue weighted by molar-refractivity contribution is 5.96. The zero-order valence-corrected chi connectivity index (χ0v) is 18.3. The number of amides is 3. The van der Waals surface area contributed by atoms with Gasteiger partial charge >= 0.3 is 24.5 Å². The third-order valence-electron chi connectivity index (χ3n) is 5.46. The van der Waals surface area contributed by atoms with Crippen LogP contribution >= 0.6 is 0 Å². The van der Waals surface area contributed by atoms with Crippen molar-refractivity contribution in [1.82, 2.24) is 10.2 Å². The number of alkyl halides is 6. The van der Waals surface area contributed by atoms with Gasteiger partial charge in [-0.25, -0.2) is 14.0 Å². The van der Waals surface area contributed by atoms with Crippen molar-refractivity contribution in [3.63, 3.8) is 0 Å². The van der Waals surface area contributed by atoms with Crippen molar-refractivity contribution < 1.29 is 49.8 Å². The zero-order valence-electron chi connectivity index (χ0n) is 18.3. The van der Waals surface area contributed by atoms with E-state index in [0.29, 0.717) is 23.1 Å². The van der Waals surface area contributed by atoms with E-state index in [4.69, 9.17) is 9.47 Å². The summed E-state index contributed by atoms with van der Waals surface area (Å²) >= 11 is 0. The Balaban J connectivity index is 1.67. The van der Waals surface area contributed by atoms with Crippen LogP contribution in [0.15, 0.2) is 36.4 Å². The van der Waals surface area contributed by atoms with Crippen LogP contribution in [0.1, 0.15) is 16.7 Å². The Hall–Kier alpha value is -3.55. The number of hydrogen-bond acceptors (Lipinski definition) is 4. The number of halogens is 7. The molecule has 2 aromatic rings. The molecule has 1 unspecified atom stereocenters. The highest BCUT2D eigenvalue weighted by Crippen LogP contribution is 2.46. The number of epoxide rings is 1. The first-order chi connectivity index (χ1) is 16.8. The van der Waals surface area contributed by atoms with Crippen LogP contribution in [0.4, 0.5) is 46.0 Å². The van der Waals surface area contributed by atoms with Gasteiger partial charge < -0.3 is 19.7 Å². The van der Waals surface area contributed by atoms with Crippen LogP contribution in [0.5, 0.6) is 5.75 Å². The Morgan fingerprint density at radius 1 is 1.06 bits per heavy atom. The zero-order chi connectivity index (χ0) is 26.3. The van der Waals surface area contributed by atoms with Gasteiger partial charge in [0.15, 0.2) is 5.75 Å². The number of rotatable bonds is 6. The van der Waals surface area contributed by atoms with Gasteiger partial charge in [-0.15, -0.1) is 0 Å². The molecule has 0 saturated carbocycles. The number of carbonyl (C=O) groups is 2. The van der Waals surface area contributed by atoms with Gasteiger partial charge in [0.25, 0.3) is 0 Å². The van der Waals surface area contributed by atoms with Crippen LogP contribution in [0, 0.1) is 5.82 Å². The van der Waals surface area contributed by atoms with E-state index in [-0.39, 0.29) is 38.3 Å². The summed E-state index contributed by atoms with van der Waals surface area (Å²) < 4.78 is 105. The van der Waals surface area contributed by atoms with E-state index < -0.39 is 52.9 Å². The molecule has 0 spiro atoms. The molecule has 36 heavy (non-hydrogen) atoms. The second-order valence-corrected chi connectivity index (χ2v) is 8.07. The molecule has 7 nitrogen and oxygen atoms in total. The minimum atomic E-state index is -5.35. The summed E-state index contributed by atoms with van der Waals surface area (Å²) in [6.07, 6.45) is -12.2. The predicted molar refractivity (Wildman–Crippen MR) is 110 cm³/mol. The maximum absolute atomic E-state index is 13.8. The monoisotopic (exact) mass is 521 g/mol. The molecular formula is C22H18F7N3O4. The van der Waals surface area contributed by atoms with Gasteiger partial charge in [0.2, 0.25) is 0 Å². The minimum Gasteiger partial charge on any atom is -0.407 e. The fourth-order valence-corrected chi connectivity index (χ4v) is 3.60. The van der Waals surface area contributed by atoms with Crippen molar-refractivity contribution in [2.75, 3.05) is 31.1 Å². The van der Waals surface area contributed by atoms with Crippen LogP contribution in [0.3, 0.4) is 0 Å². The Bertz CT molecular complexity index is 1150. The maximum atomic E-state index is 13.8. The van der Waals surface area contributed by atoms with E-state index in [0.717, 1.165) is 12.1 Å². The lowest BCUT2D eigenvalue weighted by Gasteiger charge is -2.24. The first-order valence-electron chi connectivity index (χ1n) is 10.5. The normalized spacial score (nSPS) is 18.0. The van der Waals surface area contributed by atoms with Crippen molar-refractivity contribution >= 4 is 17.8 Å². The number of urea groups is 1. The van der Waals surface area contributed by atoms with E-state index in [1.807, 2.05) is 0 Å². The summed E-state index contributed by atoms with van der Waals surface area (Å²) in [4.78, 5) is 27.1. The number of carbonyl (C=O) groups excluding carboxylic acids is 2. The molecule has 194 valence electrons. The standard InChI is InChI=1S/C22H18F7N3O4/c23-14-3-1-12(2-4-14)9-30-19(33)36-18-16(22(27,28)29)7-13(21(24,25)26)8-17(18)32-6-5-31(20(32)34)10-15-11-35-15/h1-4,7-8,15H,5-6,9-11H2,(H,30,33). The number of nitrogens with zero attached hydrogens (tertiary/aromatic N) is 2. The maximum Gasteiger partial charge on any atom is 0.420 e. The lowest BCUT2D eigenvalue weighted by molar-refractivity contribution is -0.143. The molecule has 0 aliphatic carbocycles. The van der Waals surface area contributed by atoms with Gasteiger partial charge in [0.05, 0.1) is 30.5 Å². The van der Waals surface area contributed by atoms with Crippen molar-refractivity contribution in [2.45, 2.75) is 25.0 Å². The molecule has 2 heterocycles. The molecule has 2 aliphatic heterocycles. The van der Waals surface area contributed by atoms with Gasteiger partial charge in [-0.3, -0.25) is 4.90 Å². The number of nitrogens with one attached hydrogen (secondary N) is 1. The van der Waals surface area contributed by atoms with Crippen molar-refractivity contribution in [1.29, 1.82) is 0 Å². The topological polar surface area (TPSA) is 74.4 Å². The largest absolute Gasteiger partial charge is 0.420 e. The summed E-state index contributed by atoms with van der Waals surface area (Å²) in [6, 6.07) is 4.11. The van der Waals surface area contributed by atoms with Gasteiger partial charge in [-0.2, -0.15) is 26.3 Å². The molecule has 4 rings (SSSR count). The molecule has 2 aliphatic rings. The van der Waals surface area contributed by atoms with Crippen LogP contribution in [-0.2, 0) is 23.6 Å². The van der Waals surface area contributed by atoms with Gasteiger partial charge in [-0.05, 0) is 29.8 Å². The minimum absolute atomic E-state index is 0.0203. The molecule has 0 radical (unpaired) electrons. The number of hydrogen-bond donors (Lipinski definition) is 1. The van der Waals surface area contributed by atoms with Crippen molar-refractivity contribution in [3.05, 3.63) is 58.9 Å². The SMILES string of the molecule is O=C(NCc1ccc(F)cc1)Oc1c(N2CCN(CC3CO3)C2=O)cc(C(F)(F)F)cc1C(F)(F)F. The Kier molecular flexibility index (Phi) is 6.73. The molecule has 2 aromatic carbocycles. The van der Waals surface area contributed by atoms with E-state index in [2.05, 4.69) is 5.32 Å². The Morgan fingerprint density at radius 3 is 2.31 bits per heavy atom. The lowest BCUT2D eigenvalue weighted by atomic mass is 10.1. The summed E-state index contributed by atoms with van der Waals surface area (Å²) in [5.41, 5.74) is -4.01. The molecule has 3 amide bonds. The molecule has 2 saturated heterocycles. The summed E-state index contributed by atoms with van der Waals surface area (Å²) in [5.74, 6) is -1.80. The summed E-state index contributed by atoms with van der Waals surface area (Å²) in [6.45, 7) is 0.0153. The molecule has 2 fully saturated rings. The van der Waals surface area contributed by atoms with Crippen molar-refractivity contribution in [2.24, 2.45) is 0 Å². The predicted octanol–water partition coefficient (Wildman–Crippen LogP) is 4.79. The number of anilines is 1. The molecule has 1 atom stereocenters. The molecule has 0 bridgehead atoms. The quantitative estimate of drug-likeness (QED) is 0.438. The first kappa shape index (κ1) is 25.5. The second kappa shape index (κ2) is 9.48. The van der Waals surface area contributed by atoms with E-state index >= 15 is 0 Å². The Morgan fingerprint density at radius 2 is 1.72 bits per heavy atom. The Labute approximate surface area is 199 Å². The number of ether oxygens (including phenoxy) is 2. The summed E-state index contributed by atoms with van der Waals surface area (Å²) in [5, 5.41) is 2.16. The smallest absolute Gasteiger partial charge is 0.407 e. The van der Waals surface area contributed by atoms with Crippen LogP contribution in [0.25, 0.3) is 0 Å². The van der Waals surface area contributed by atoms with E-state index in [1.54, 1.807) is 0 Å². The lowest BCUT2D eigenvalue weighted by Crippen LogP contribution is -2.35. The average molecular weight is 521 g/mol. The third kappa shape index (κ3) is 5.80. The third-order valence-corrected chi connectivity index (χ3v) is 5.46. The summed E-state index contributed by atoms with van der Waals surface area (Å²) in [7, 11) is 0.